The number of hydrogen-bond acceptors (Lipinski definition) is 5. The minimum Gasteiger partial charge on any atom is -0.444 e. The topological polar surface area (TPSA) is 80.9 Å². The lowest BCUT2D eigenvalue weighted by atomic mass is 10.1. The Morgan fingerprint density at radius 2 is 1.77 bits per heavy atom. The van der Waals surface area contributed by atoms with Crippen LogP contribution in [0.3, 0.4) is 0 Å². The normalized spacial score (nSPS) is 11.1. The number of nitrogens with one attached hydrogen (secondary N) is 1. The predicted octanol–water partition coefficient (Wildman–Crippen LogP) is 4.32. The Kier molecular flexibility index (Phi) is 5.27. The van der Waals surface area contributed by atoms with Crippen molar-refractivity contribution < 1.29 is 13.6 Å². The Morgan fingerprint density at radius 1 is 1.03 bits per heavy atom. The van der Waals surface area contributed by atoms with Crippen LogP contribution in [0.25, 0.3) is 22.5 Å². The fraction of sp³-hybridized carbons (Fsp3) is 0.217. The number of aryl methyl sites for hydroxylation is 3. The summed E-state index contributed by atoms with van der Waals surface area (Å²) >= 11 is 0. The zero-order chi connectivity index (χ0) is 21.3. The molecular formula is C23H21FN4O2. The number of rotatable bonds is 5. The van der Waals surface area contributed by atoms with Crippen LogP contribution in [0.5, 0.6) is 0 Å². The van der Waals surface area contributed by atoms with E-state index < -0.39 is 11.7 Å². The Hall–Kier alpha value is -3.61. The number of carbonyl (C=O) groups excluding carboxylic acids is 1. The van der Waals surface area contributed by atoms with Crippen LogP contribution in [-0.2, 0) is 6.42 Å². The summed E-state index contributed by atoms with van der Waals surface area (Å²) in [6.07, 6.45) is 2.06. The molecule has 0 spiro atoms. The molecule has 0 radical (unpaired) electrons. The van der Waals surface area contributed by atoms with Gasteiger partial charge >= 0.3 is 0 Å². The SMILES string of the molecule is Cc1ccc(-c2nc(CCNC(=O)c3cc(F)cc4nc(C)c(C)nc34)co2)cc1. The minimum atomic E-state index is -0.524. The van der Waals surface area contributed by atoms with Gasteiger partial charge < -0.3 is 9.73 Å². The Bertz CT molecular complexity index is 1230. The number of benzene rings is 2. The molecule has 1 amide bonds. The molecule has 152 valence electrons. The maximum atomic E-state index is 14.0. The van der Waals surface area contributed by atoms with Gasteiger partial charge in [0.1, 0.15) is 17.6 Å². The van der Waals surface area contributed by atoms with E-state index in [4.69, 9.17) is 4.42 Å². The van der Waals surface area contributed by atoms with Gasteiger partial charge in [0.25, 0.3) is 5.91 Å². The van der Waals surface area contributed by atoms with E-state index in [9.17, 15) is 9.18 Å². The van der Waals surface area contributed by atoms with Gasteiger partial charge in [0.15, 0.2) is 0 Å². The maximum Gasteiger partial charge on any atom is 0.253 e. The van der Waals surface area contributed by atoms with E-state index in [2.05, 4.69) is 20.3 Å². The third-order valence-electron chi connectivity index (χ3n) is 4.91. The summed E-state index contributed by atoms with van der Waals surface area (Å²) in [5.41, 5.74) is 5.11. The van der Waals surface area contributed by atoms with Gasteiger partial charge in [-0.2, -0.15) is 0 Å². The van der Waals surface area contributed by atoms with E-state index in [1.54, 1.807) is 13.2 Å². The highest BCUT2D eigenvalue weighted by Gasteiger charge is 2.16. The smallest absolute Gasteiger partial charge is 0.253 e. The molecule has 0 aliphatic rings. The van der Waals surface area contributed by atoms with Gasteiger partial charge in [-0.15, -0.1) is 0 Å². The number of aromatic nitrogens is 3. The van der Waals surface area contributed by atoms with Crippen LogP contribution < -0.4 is 5.32 Å². The van der Waals surface area contributed by atoms with Crippen molar-refractivity contribution in [2.45, 2.75) is 27.2 Å². The van der Waals surface area contributed by atoms with Crippen molar-refractivity contribution in [3.63, 3.8) is 0 Å². The van der Waals surface area contributed by atoms with E-state index in [-0.39, 0.29) is 5.56 Å². The van der Waals surface area contributed by atoms with Gasteiger partial charge in [-0.1, -0.05) is 17.7 Å². The molecule has 0 aliphatic carbocycles. The predicted molar refractivity (Wildman–Crippen MR) is 112 cm³/mol. The number of fused-ring (bicyclic) bond motifs is 1. The van der Waals surface area contributed by atoms with E-state index in [0.29, 0.717) is 41.3 Å². The fourth-order valence-corrected chi connectivity index (χ4v) is 3.12. The molecule has 2 heterocycles. The van der Waals surface area contributed by atoms with Crippen molar-refractivity contribution in [2.75, 3.05) is 6.54 Å². The van der Waals surface area contributed by atoms with Crippen molar-refractivity contribution in [1.29, 1.82) is 0 Å². The zero-order valence-corrected chi connectivity index (χ0v) is 17.0. The first-order valence-corrected chi connectivity index (χ1v) is 9.65. The van der Waals surface area contributed by atoms with Crippen molar-refractivity contribution >= 4 is 16.9 Å². The lowest BCUT2D eigenvalue weighted by molar-refractivity contribution is 0.0955. The molecule has 0 saturated heterocycles. The summed E-state index contributed by atoms with van der Waals surface area (Å²) in [7, 11) is 0. The number of halogens is 1. The quantitative estimate of drug-likeness (QED) is 0.536. The number of hydrogen-bond donors (Lipinski definition) is 1. The van der Waals surface area contributed by atoms with E-state index >= 15 is 0 Å². The first-order chi connectivity index (χ1) is 14.4. The first kappa shape index (κ1) is 19.7. The summed E-state index contributed by atoms with van der Waals surface area (Å²) in [4.78, 5) is 25.9. The van der Waals surface area contributed by atoms with E-state index in [0.717, 1.165) is 16.8 Å². The van der Waals surface area contributed by atoms with Gasteiger partial charge in [-0.25, -0.2) is 19.3 Å². The molecule has 0 atom stereocenters. The highest BCUT2D eigenvalue weighted by Crippen LogP contribution is 2.20. The molecule has 2 aromatic heterocycles. The average Bonchev–Trinajstić information content (AvgIpc) is 3.18. The number of oxazole rings is 1. The monoisotopic (exact) mass is 404 g/mol. The Labute approximate surface area is 173 Å². The third-order valence-corrected chi connectivity index (χ3v) is 4.91. The summed E-state index contributed by atoms with van der Waals surface area (Å²) in [6.45, 7) is 5.95. The van der Waals surface area contributed by atoms with Crippen LogP contribution in [0.2, 0.25) is 0 Å². The van der Waals surface area contributed by atoms with Crippen LogP contribution in [0.15, 0.2) is 47.1 Å². The number of nitrogens with zero attached hydrogens (tertiary/aromatic N) is 3. The second kappa shape index (κ2) is 8.02. The average molecular weight is 404 g/mol. The summed E-state index contributed by atoms with van der Waals surface area (Å²) in [5.74, 6) is -0.391. The molecule has 4 rings (SSSR count). The summed E-state index contributed by atoms with van der Waals surface area (Å²) < 4.78 is 19.5. The van der Waals surface area contributed by atoms with Crippen LogP contribution in [-0.4, -0.2) is 27.4 Å². The number of carbonyl (C=O) groups is 1. The van der Waals surface area contributed by atoms with Gasteiger partial charge in [0, 0.05) is 24.6 Å². The summed E-state index contributed by atoms with van der Waals surface area (Å²) in [5, 5.41) is 2.80. The van der Waals surface area contributed by atoms with Crippen LogP contribution in [0.1, 0.15) is 33.0 Å². The van der Waals surface area contributed by atoms with Crippen molar-refractivity contribution in [1.82, 2.24) is 20.3 Å². The lowest BCUT2D eigenvalue weighted by Crippen LogP contribution is -2.26. The molecule has 4 aromatic rings. The molecule has 1 N–H and O–H groups in total. The Morgan fingerprint density at radius 3 is 2.53 bits per heavy atom. The number of amides is 1. The van der Waals surface area contributed by atoms with Crippen molar-refractivity contribution in [3.8, 4) is 11.5 Å². The van der Waals surface area contributed by atoms with Gasteiger partial charge in [0.05, 0.1) is 28.2 Å². The fourth-order valence-electron chi connectivity index (χ4n) is 3.12. The zero-order valence-electron chi connectivity index (χ0n) is 17.0. The van der Waals surface area contributed by atoms with Crippen LogP contribution in [0, 0.1) is 26.6 Å². The van der Waals surface area contributed by atoms with E-state index in [1.807, 2.05) is 38.1 Å². The molecule has 30 heavy (non-hydrogen) atoms. The molecule has 7 heteroatoms. The first-order valence-electron chi connectivity index (χ1n) is 9.65. The van der Waals surface area contributed by atoms with Crippen molar-refractivity contribution in [3.05, 3.63) is 76.7 Å². The maximum absolute atomic E-state index is 14.0. The molecular weight excluding hydrogens is 383 g/mol. The molecule has 2 aromatic carbocycles. The van der Waals surface area contributed by atoms with Crippen LogP contribution in [0.4, 0.5) is 4.39 Å². The second-order valence-electron chi connectivity index (χ2n) is 7.23. The van der Waals surface area contributed by atoms with Crippen molar-refractivity contribution in [2.24, 2.45) is 0 Å². The van der Waals surface area contributed by atoms with Gasteiger partial charge in [0.2, 0.25) is 5.89 Å². The Balaban J connectivity index is 1.46. The molecule has 6 nitrogen and oxygen atoms in total. The molecule has 0 saturated carbocycles. The molecule has 0 bridgehead atoms. The molecule has 0 aliphatic heterocycles. The molecule has 0 unspecified atom stereocenters. The lowest BCUT2D eigenvalue weighted by Gasteiger charge is -2.09. The highest BCUT2D eigenvalue weighted by atomic mass is 19.1. The largest absolute Gasteiger partial charge is 0.444 e. The van der Waals surface area contributed by atoms with Gasteiger partial charge in [-0.05, 0) is 39.0 Å². The highest BCUT2D eigenvalue weighted by molar-refractivity contribution is 6.04. The summed E-state index contributed by atoms with van der Waals surface area (Å²) in [6, 6.07) is 10.4. The third kappa shape index (κ3) is 4.05. The van der Waals surface area contributed by atoms with E-state index in [1.165, 1.54) is 12.1 Å². The second-order valence-corrected chi connectivity index (χ2v) is 7.23. The van der Waals surface area contributed by atoms with Gasteiger partial charge in [-0.3, -0.25) is 4.79 Å². The standard InChI is InChI=1S/C23H21FN4O2/c1-13-4-6-16(7-5-13)23-28-18(12-30-23)8-9-25-22(29)19-10-17(24)11-20-21(19)27-15(3)14(2)26-20/h4-7,10-12H,8-9H2,1-3H3,(H,25,29). The molecule has 0 fully saturated rings. The minimum absolute atomic E-state index is 0.168. The van der Waals surface area contributed by atoms with Crippen LogP contribution >= 0.6 is 0 Å².